The van der Waals surface area contributed by atoms with Gasteiger partial charge in [0.15, 0.2) is 0 Å². The highest BCUT2D eigenvalue weighted by atomic mass is 16.4. The van der Waals surface area contributed by atoms with E-state index in [1.54, 1.807) is 12.1 Å². The van der Waals surface area contributed by atoms with Crippen LogP contribution < -0.4 is 10.6 Å². The second-order valence-electron chi connectivity index (χ2n) is 5.16. The molecule has 1 saturated carbocycles. The summed E-state index contributed by atoms with van der Waals surface area (Å²) < 4.78 is 0. The molecule has 0 heterocycles. The summed E-state index contributed by atoms with van der Waals surface area (Å²) in [5.74, 6) is -0.906. The Morgan fingerprint density at radius 3 is 2.63 bits per heavy atom. The highest BCUT2D eigenvalue weighted by Crippen LogP contribution is 2.30. The molecule has 0 spiro atoms. The normalized spacial score (nSPS) is 16.3. The number of hydrogen-bond acceptors (Lipinski definition) is 3. The second-order valence-corrected chi connectivity index (χ2v) is 5.16. The van der Waals surface area contributed by atoms with Gasteiger partial charge >= 0.3 is 5.97 Å². The minimum absolute atomic E-state index is 0.312. The van der Waals surface area contributed by atoms with E-state index >= 15 is 0 Å². The fourth-order valence-electron chi connectivity index (χ4n) is 2.99. The number of aromatic carboxylic acids is 1. The van der Waals surface area contributed by atoms with Gasteiger partial charge in [0, 0.05) is 18.3 Å². The first-order chi connectivity index (χ1) is 9.13. The molecule has 19 heavy (non-hydrogen) atoms. The van der Waals surface area contributed by atoms with Crippen molar-refractivity contribution in [2.45, 2.75) is 45.1 Å². The molecule has 0 unspecified atom stereocenters. The Bertz CT molecular complexity index is 453. The third kappa shape index (κ3) is 3.00. The highest BCUT2D eigenvalue weighted by Gasteiger charge is 2.23. The predicted octanol–water partition coefficient (Wildman–Crippen LogP) is 3.13. The van der Waals surface area contributed by atoms with Crippen LogP contribution in [0.4, 0.5) is 11.4 Å². The molecule has 104 valence electrons. The molecule has 1 aromatic carbocycles. The Morgan fingerprint density at radius 2 is 2.05 bits per heavy atom. The summed E-state index contributed by atoms with van der Waals surface area (Å²) in [6.45, 7) is 2.91. The molecular weight excluding hydrogens is 240 g/mol. The van der Waals surface area contributed by atoms with E-state index < -0.39 is 5.97 Å². The number of carboxylic acids is 1. The molecule has 0 atom stereocenters. The minimum atomic E-state index is -0.906. The maximum Gasteiger partial charge on any atom is 0.337 e. The third-order valence-electron chi connectivity index (χ3n) is 3.92. The summed E-state index contributed by atoms with van der Waals surface area (Å²) in [4.78, 5) is 13.6. The number of nitrogens with zero attached hydrogens (tertiary/aromatic N) is 1. The number of carbonyl (C=O) groups is 1. The van der Waals surface area contributed by atoms with Crippen molar-refractivity contribution < 1.29 is 9.90 Å². The summed E-state index contributed by atoms with van der Waals surface area (Å²) in [5.41, 5.74) is 7.32. The standard InChI is InChI=1S/C15H22N2O2/c1-2-17(12-6-4-3-5-7-12)14-9-8-11(16)10-13(14)15(18)19/h8-10,12H,2-7,16H2,1H3,(H,18,19). The third-order valence-corrected chi connectivity index (χ3v) is 3.92. The first-order valence-corrected chi connectivity index (χ1v) is 7.03. The number of benzene rings is 1. The summed E-state index contributed by atoms with van der Waals surface area (Å²) in [6.07, 6.45) is 6.06. The molecule has 1 aliphatic carbocycles. The van der Waals surface area contributed by atoms with Crippen LogP contribution in [-0.4, -0.2) is 23.7 Å². The van der Waals surface area contributed by atoms with Gasteiger partial charge in [0.2, 0.25) is 0 Å². The minimum Gasteiger partial charge on any atom is -0.478 e. The van der Waals surface area contributed by atoms with Gasteiger partial charge < -0.3 is 15.7 Å². The Kier molecular flexibility index (Phi) is 4.30. The largest absolute Gasteiger partial charge is 0.478 e. The van der Waals surface area contributed by atoms with E-state index in [2.05, 4.69) is 11.8 Å². The van der Waals surface area contributed by atoms with Gasteiger partial charge in [0.05, 0.1) is 11.3 Å². The molecule has 1 aromatic rings. The molecule has 3 N–H and O–H groups in total. The number of rotatable bonds is 4. The van der Waals surface area contributed by atoms with Crippen LogP contribution in [0.2, 0.25) is 0 Å². The lowest BCUT2D eigenvalue weighted by Crippen LogP contribution is -2.37. The fraction of sp³-hybridized carbons (Fsp3) is 0.533. The first kappa shape index (κ1) is 13.7. The Hall–Kier alpha value is -1.71. The molecule has 0 amide bonds. The average molecular weight is 262 g/mol. The van der Waals surface area contributed by atoms with Gasteiger partial charge in [-0.05, 0) is 38.0 Å². The second kappa shape index (κ2) is 5.95. The molecule has 1 aliphatic rings. The fourth-order valence-corrected chi connectivity index (χ4v) is 2.99. The van der Waals surface area contributed by atoms with Gasteiger partial charge in [-0.3, -0.25) is 0 Å². The number of anilines is 2. The van der Waals surface area contributed by atoms with Crippen LogP contribution in [0.3, 0.4) is 0 Å². The van der Waals surface area contributed by atoms with Crippen LogP contribution in [-0.2, 0) is 0 Å². The summed E-state index contributed by atoms with van der Waals surface area (Å²) in [5, 5.41) is 9.35. The van der Waals surface area contributed by atoms with Crippen molar-refractivity contribution in [1.29, 1.82) is 0 Å². The Labute approximate surface area is 114 Å². The molecule has 2 rings (SSSR count). The van der Waals surface area contributed by atoms with E-state index in [1.807, 2.05) is 6.07 Å². The van der Waals surface area contributed by atoms with Crippen LogP contribution >= 0.6 is 0 Å². The van der Waals surface area contributed by atoms with Gasteiger partial charge in [-0.25, -0.2) is 4.79 Å². The Balaban J connectivity index is 2.34. The van der Waals surface area contributed by atoms with Crippen molar-refractivity contribution in [2.75, 3.05) is 17.2 Å². The van der Waals surface area contributed by atoms with Gasteiger partial charge in [-0.15, -0.1) is 0 Å². The average Bonchev–Trinajstić information content (AvgIpc) is 2.42. The number of nitrogen functional groups attached to an aromatic ring is 1. The molecule has 4 heteroatoms. The van der Waals surface area contributed by atoms with E-state index in [1.165, 1.54) is 19.3 Å². The number of hydrogen-bond donors (Lipinski definition) is 2. The van der Waals surface area contributed by atoms with Gasteiger partial charge in [0.25, 0.3) is 0 Å². The first-order valence-electron chi connectivity index (χ1n) is 7.03. The molecule has 0 radical (unpaired) electrons. The van der Waals surface area contributed by atoms with Crippen LogP contribution in [0.25, 0.3) is 0 Å². The summed E-state index contributed by atoms with van der Waals surface area (Å²) >= 11 is 0. The van der Waals surface area contributed by atoms with Crippen LogP contribution in [0, 0.1) is 0 Å². The molecule has 0 saturated heterocycles. The summed E-state index contributed by atoms with van der Waals surface area (Å²) in [7, 11) is 0. The molecule has 0 aromatic heterocycles. The van der Waals surface area contributed by atoms with Crippen LogP contribution in [0.15, 0.2) is 18.2 Å². The lowest BCUT2D eigenvalue weighted by Gasteiger charge is -2.36. The van der Waals surface area contributed by atoms with Crippen molar-refractivity contribution in [3.63, 3.8) is 0 Å². The van der Waals surface area contributed by atoms with Gasteiger partial charge in [-0.2, -0.15) is 0 Å². The smallest absolute Gasteiger partial charge is 0.337 e. The van der Waals surface area contributed by atoms with Crippen molar-refractivity contribution in [1.82, 2.24) is 0 Å². The zero-order chi connectivity index (χ0) is 13.8. The van der Waals surface area contributed by atoms with Gasteiger partial charge in [-0.1, -0.05) is 19.3 Å². The quantitative estimate of drug-likeness (QED) is 0.818. The van der Waals surface area contributed by atoms with E-state index in [9.17, 15) is 9.90 Å². The van der Waals surface area contributed by atoms with E-state index in [0.29, 0.717) is 17.3 Å². The molecule has 4 nitrogen and oxygen atoms in total. The zero-order valence-electron chi connectivity index (χ0n) is 11.4. The van der Waals surface area contributed by atoms with Crippen LogP contribution in [0.1, 0.15) is 49.4 Å². The predicted molar refractivity (Wildman–Crippen MR) is 77.7 cm³/mol. The van der Waals surface area contributed by atoms with Crippen molar-refractivity contribution in [2.24, 2.45) is 0 Å². The molecule has 1 fully saturated rings. The SMILES string of the molecule is CCN(c1ccc(N)cc1C(=O)O)C1CCCCC1. The highest BCUT2D eigenvalue weighted by molar-refractivity contribution is 5.95. The summed E-state index contributed by atoms with van der Waals surface area (Å²) in [6, 6.07) is 5.65. The molecular formula is C15H22N2O2. The maximum absolute atomic E-state index is 11.4. The Morgan fingerprint density at radius 1 is 1.37 bits per heavy atom. The van der Waals surface area contributed by atoms with E-state index in [4.69, 9.17) is 5.73 Å². The number of nitrogens with two attached hydrogens (primary N) is 1. The van der Waals surface area contributed by atoms with E-state index in [-0.39, 0.29) is 0 Å². The number of carboxylic acid groups (broad SMARTS) is 1. The van der Waals surface area contributed by atoms with Crippen LogP contribution in [0.5, 0.6) is 0 Å². The molecule has 0 bridgehead atoms. The monoisotopic (exact) mass is 262 g/mol. The van der Waals surface area contributed by atoms with E-state index in [0.717, 1.165) is 25.1 Å². The zero-order valence-corrected chi connectivity index (χ0v) is 11.4. The van der Waals surface area contributed by atoms with Gasteiger partial charge in [0.1, 0.15) is 0 Å². The lowest BCUT2D eigenvalue weighted by molar-refractivity contribution is 0.0697. The van der Waals surface area contributed by atoms with Crippen molar-refractivity contribution >= 4 is 17.3 Å². The molecule has 0 aliphatic heterocycles. The topological polar surface area (TPSA) is 66.6 Å². The van der Waals surface area contributed by atoms with Crippen molar-refractivity contribution in [3.05, 3.63) is 23.8 Å². The van der Waals surface area contributed by atoms with Crippen molar-refractivity contribution in [3.8, 4) is 0 Å². The lowest BCUT2D eigenvalue weighted by atomic mass is 9.93. The maximum atomic E-state index is 11.4.